The topological polar surface area (TPSA) is 26.9 Å². The van der Waals surface area contributed by atoms with Crippen molar-refractivity contribution in [3.05, 3.63) is 46.3 Å². The number of hydrogen-bond acceptors (Lipinski definition) is 1. The minimum absolute atomic E-state index is 0.177. The van der Waals surface area contributed by atoms with Gasteiger partial charge in [0.05, 0.1) is 0 Å². The van der Waals surface area contributed by atoms with E-state index in [2.05, 4.69) is 0 Å². The van der Waals surface area contributed by atoms with Crippen LogP contribution in [0, 0.1) is 5.21 Å². The second-order valence-corrected chi connectivity index (χ2v) is 3.63. The maximum absolute atomic E-state index is 11.5. The zero-order valence-corrected chi connectivity index (χ0v) is 8.72. The Kier molecular flexibility index (Phi) is 2.48. The third-order valence-electron chi connectivity index (χ3n) is 2.06. The number of alkyl halides is 1. The lowest BCUT2D eigenvalue weighted by atomic mass is 10.1. The molecule has 1 heterocycles. The van der Waals surface area contributed by atoms with E-state index in [9.17, 15) is 5.21 Å². The SMILES string of the molecule is [O-][n+]1c(Cl)ccc2cc(CCl)ccc21. The first-order chi connectivity index (χ1) is 6.72. The summed E-state index contributed by atoms with van der Waals surface area (Å²) in [5.74, 6) is 0.442. The number of pyridine rings is 1. The molecule has 0 unspecified atom stereocenters. The molecule has 0 amide bonds. The first-order valence-electron chi connectivity index (χ1n) is 4.09. The summed E-state index contributed by atoms with van der Waals surface area (Å²) in [5.41, 5.74) is 1.55. The fourth-order valence-corrected chi connectivity index (χ4v) is 1.67. The molecule has 72 valence electrons. The number of rotatable bonds is 1. The Balaban J connectivity index is 2.74. The molecule has 0 aliphatic rings. The molecule has 0 N–H and O–H groups in total. The molecule has 0 radical (unpaired) electrons. The van der Waals surface area contributed by atoms with Gasteiger partial charge in [0.2, 0.25) is 5.52 Å². The Morgan fingerprint density at radius 3 is 2.71 bits per heavy atom. The lowest BCUT2D eigenvalue weighted by molar-refractivity contribution is -0.574. The van der Waals surface area contributed by atoms with E-state index in [0.717, 1.165) is 10.9 Å². The highest BCUT2D eigenvalue weighted by Gasteiger charge is 2.07. The van der Waals surface area contributed by atoms with Crippen LogP contribution in [0.3, 0.4) is 0 Å². The van der Waals surface area contributed by atoms with Gasteiger partial charge in [0.1, 0.15) is 0 Å². The Morgan fingerprint density at radius 1 is 1.21 bits per heavy atom. The van der Waals surface area contributed by atoms with Gasteiger partial charge in [-0.3, -0.25) is 0 Å². The van der Waals surface area contributed by atoms with E-state index < -0.39 is 0 Å². The standard InChI is InChI=1S/C10H7Cl2NO/c11-6-7-1-3-9-8(5-7)2-4-10(12)13(9)14/h1-5H,6H2. The summed E-state index contributed by atoms with van der Waals surface area (Å²) < 4.78 is 0.703. The van der Waals surface area contributed by atoms with Gasteiger partial charge in [-0.05, 0) is 29.3 Å². The quantitative estimate of drug-likeness (QED) is 0.319. The number of halogens is 2. The predicted octanol–water partition coefficient (Wildman–Crippen LogP) is 2.87. The van der Waals surface area contributed by atoms with Crippen molar-refractivity contribution in [2.75, 3.05) is 0 Å². The summed E-state index contributed by atoms with van der Waals surface area (Å²) in [6, 6.07) is 8.82. The zero-order chi connectivity index (χ0) is 10.1. The van der Waals surface area contributed by atoms with Crippen LogP contribution >= 0.6 is 23.2 Å². The van der Waals surface area contributed by atoms with E-state index in [1.807, 2.05) is 18.2 Å². The Morgan fingerprint density at radius 2 is 2.00 bits per heavy atom. The molecule has 0 aliphatic carbocycles. The van der Waals surface area contributed by atoms with Gasteiger partial charge < -0.3 is 5.21 Å². The van der Waals surface area contributed by atoms with Crippen LogP contribution in [0.4, 0.5) is 0 Å². The molecule has 0 atom stereocenters. The van der Waals surface area contributed by atoms with Gasteiger partial charge in [-0.2, -0.15) is 4.73 Å². The van der Waals surface area contributed by atoms with E-state index in [1.165, 1.54) is 0 Å². The smallest absolute Gasteiger partial charge is 0.286 e. The van der Waals surface area contributed by atoms with Crippen molar-refractivity contribution in [2.45, 2.75) is 5.88 Å². The van der Waals surface area contributed by atoms with Crippen molar-refractivity contribution in [3.8, 4) is 0 Å². The van der Waals surface area contributed by atoms with Crippen LogP contribution < -0.4 is 4.73 Å². The number of hydrogen-bond donors (Lipinski definition) is 0. The number of fused-ring (bicyclic) bond motifs is 1. The first-order valence-corrected chi connectivity index (χ1v) is 5.00. The van der Waals surface area contributed by atoms with Crippen molar-refractivity contribution in [1.29, 1.82) is 0 Å². The van der Waals surface area contributed by atoms with E-state index >= 15 is 0 Å². The van der Waals surface area contributed by atoms with Gasteiger partial charge in [0.25, 0.3) is 5.15 Å². The average molecular weight is 228 g/mol. The molecule has 14 heavy (non-hydrogen) atoms. The van der Waals surface area contributed by atoms with Crippen molar-refractivity contribution in [3.63, 3.8) is 0 Å². The molecule has 0 spiro atoms. The molecular weight excluding hydrogens is 221 g/mol. The molecular formula is C10H7Cl2NO. The maximum atomic E-state index is 11.5. The molecule has 0 saturated carbocycles. The first kappa shape index (κ1) is 9.56. The van der Waals surface area contributed by atoms with Crippen molar-refractivity contribution < 1.29 is 4.73 Å². The Bertz CT molecular complexity index is 485. The Labute approximate surface area is 91.3 Å². The second-order valence-electron chi connectivity index (χ2n) is 2.98. The molecule has 1 aromatic carbocycles. The summed E-state index contributed by atoms with van der Waals surface area (Å²) in [6.07, 6.45) is 0. The average Bonchev–Trinajstić information content (AvgIpc) is 2.23. The van der Waals surface area contributed by atoms with Crippen LogP contribution in [-0.4, -0.2) is 0 Å². The number of nitrogens with zero attached hydrogens (tertiary/aromatic N) is 1. The normalized spacial score (nSPS) is 10.7. The molecule has 2 aromatic rings. The summed E-state index contributed by atoms with van der Waals surface area (Å²) in [7, 11) is 0. The van der Waals surface area contributed by atoms with E-state index in [0.29, 0.717) is 16.1 Å². The van der Waals surface area contributed by atoms with E-state index in [4.69, 9.17) is 23.2 Å². The Hall–Kier alpha value is -0.990. The maximum Gasteiger partial charge on any atom is 0.286 e. The highest BCUT2D eigenvalue weighted by Crippen LogP contribution is 2.16. The summed E-state index contributed by atoms with van der Waals surface area (Å²) in [4.78, 5) is 0. The lowest BCUT2D eigenvalue weighted by Crippen LogP contribution is -2.28. The molecule has 2 nitrogen and oxygen atoms in total. The van der Waals surface area contributed by atoms with Crippen LogP contribution in [0.5, 0.6) is 0 Å². The van der Waals surface area contributed by atoms with Gasteiger partial charge in [0, 0.05) is 23.4 Å². The molecule has 1 aromatic heterocycles. The minimum Gasteiger partial charge on any atom is -0.617 e. The molecule has 0 fully saturated rings. The van der Waals surface area contributed by atoms with Crippen molar-refractivity contribution >= 4 is 34.1 Å². The highest BCUT2D eigenvalue weighted by atomic mass is 35.5. The van der Waals surface area contributed by atoms with Crippen LogP contribution in [-0.2, 0) is 5.88 Å². The third kappa shape index (κ3) is 1.51. The lowest BCUT2D eigenvalue weighted by Gasteiger charge is -2.03. The van der Waals surface area contributed by atoms with Gasteiger partial charge in [-0.1, -0.05) is 6.07 Å². The van der Waals surface area contributed by atoms with E-state index in [-0.39, 0.29) is 5.15 Å². The number of benzene rings is 1. The molecule has 0 saturated heterocycles. The summed E-state index contributed by atoms with van der Waals surface area (Å²) in [5, 5.41) is 12.5. The monoisotopic (exact) mass is 227 g/mol. The molecule has 0 bridgehead atoms. The molecule has 2 rings (SSSR count). The van der Waals surface area contributed by atoms with Gasteiger partial charge in [-0.15, -0.1) is 11.6 Å². The number of aromatic nitrogens is 1. The fourth-order valence-electron chi connectivity index (χ4n) is 1.35. The third-order valence-corrected chi connectivity index (χ3v) is 2.65. The molecule has 0 aliphatic heterocycles. The molecule has 4 heteroatoms. The van der Waals surface area contributed by atoms with Crippen LogP contribution in [0.1, 0.15) is 5.56 Å². The van der Waals surface area contributed by atoms with Crippen LogP contribution in [0.2, 0.25) is 5.15 Å². The fraction of sp³-hybridized carbons (Fsp3) is 0.100. The summed E-state index contributed by atoms with van der Waals surface area (Å²) in [6.45, 7) is 0. The van der Waals surface area contributed by atoms with Crippen LogP contribution in [0.25, 0.3) is 10.9 Å². The predicted molar refractivity (Wildman–Crippen MR) is 57.5 cm³/mol. The summed E-state index contributed by atoms with van der Waals surface area (Å²) >= 11 is 11.4. The van der Waals surface area contributed by atoms with E-state index in [1.54, 1.807) is 12.1 Å². The second kappa shape index (κ2) is 3.64. The van der Waals surface area contributed by atoms with Gasteiger partial charge >= 0.3 is 0 Å². The van der Waals surface area contributed by atoms with Gasteiger partial charge in [-0.25, -0.2) is 0 Å². The largest absolute Gasteiger partial charge is 0.617 e. The minimum atomic E-state index is 0.177. The highest BCUT2D eigenvalue weighted by molar-refractivity contribution is 6.28. The van der Waals surface area contributed by atoms with Crippen LogP contribution in [0.15, 0.2) is 30.3 Å². The zero-order valence-electron chi connectivity index (χ0n) is 7.21. The van der Waals surface area contributed by atoms with Crippen molar-refractivity contribution in [1.82, 2.24) is 0 Å². The van der Waals surface area contributed by atoms with Gasteiger partial charge in [0.15, 0.2) is 0 Å². The van der Waals surface area contributed by atoms with Crippen molar-refractivity contribution in [2.24, 2.45) is 0 Å².